The van der Waals surface area contributed by atoms with Crippen molar-refractivity contribution in [2.24, 2.45) is 0 Å². The molecule has 0 radical (unpaired) electrons. The Morgan fingerprint density at radius 2 is 1.33 bits per heavy atom. The molecule has 10 nitrogen and oxygen atoms in total. The summed E-state index contributed by atoms with van der Waals surface area (Å²) in [5.41, 5.74) is -1.79. The zero-order valence-corrected chi connectivity index (χ0v) is 13.5. The third-order valence-corrected chi connectivity index (χ3v) is 3.02. The number of carbonyl (C=O) groups excluding carboxylic acids is 1. The topological polar surface area (TPSA) is 153 Å². The number of hydrogen-bond acceptors (Lipinski definition) is 6. The minimum absolute atomic E-state index is 0.0561. The average molecular weight is 383 g/mol. The van der Waals surface area contributed by atoms with Gasteiger partial charge in [0.05, 0.1) is 15.4 Å². The Balaban J connectivity index is 0.000000271. The molecule has 1 amide bonds. The van der Waals surface area contributed by atoms with Gasteiger partial charge in [0.25, 0.3) is 5.91 Å². The maximum absolute atomic E-state index is 12.8. The van der Waals surface area contributed by atoms with Crippen LogP contribution in [-0.4, -0.2) is 33.9 Å². The molecule has 0 aliphatic carbocycles. The first kappa shape index (κ1) is 21.1. The zero-order chi connectivity index (χ0) is 20.7. The Kier molecular flexibility index (Phi) is 6.98. The van der Waals surface area contributed by atoms with Gasteiger partial charge in [-0.25, -0.2) is 4.79 Å². The molecule has 27 heavy (non-hydrogen) atoms. The molecule has 2 N–H and O–H groups in total. The number of amides is 1. The van der Waals surface area contributed by atoms with Gasteiger partial charge in [0.1, 0.15) is 0 Å². The number of halogens is 2. The molecule has 0 fully saturated rings. The molecule has 2 aromatic rings. The maximum atomic E-state index is 12.8. The lowest BCUT2D eigenvalue weighted by Crippen LogP contribution is -2.17. The number of hydrogen-bond donors (Lipinski definition) is 2. The number of rotatable bonds is 4. The molecule has 0 aromatic heterocycles. The second kappa shape index (κ2) is 8.94. The Morgan fingerprint density at radius 1 is 0.926 bits per heavy atom. The molecular weight excluding hydrogens is 372 g/mol. The van der Waals surface area contributed by atoms with E-state index in [4.69, 9.17) is 5.11 Å². The molecule has 0 aliphatic heterocycles. The first-order chi connectivity index (χ1) is 12.6. The fraction of sp³-hybridized carbons (Fsp3) is 0.0667. The van der Waals surface area contributed by atoms with Gasteiger partial charge in [0, 0.05) is 24.7 Å². The maximum Gasteiger partial charge on any atom is 0.335 e. The van der Waals surface area contributed by atoms with E-state index in [1.807, 2.05) is 0 Å². The van der Waals surface area contributed by atoms with Crippen molar-refractivity contribution in [3.8, 4) is 0 Å². The zero-order valence-electron chi connectivity index (χ0n) is 13.5. The molecule has 12 heteroatoms. The molecule has 0 atom stereocenters. The summed E-state index contributed by atoms with van der Waals surface area (Å²) < 4.78 is 25.5. The Morgan fingerprint density at radius 3 is 1.70 bits per heavy atom. The van der Waals surface area contributed by atoms with Crippen molar-refractivity contribution in [1.82, 2.24) is 5.32 Å². The van der Waals surface area contributed by atoms with Gasteiger partial charge in [-0.15, -0.1) is 0 Å². The summed E-state index contributed by atoms with van der Waals surface area (Å²) in [6, 6.07) is 5.36. The Hall–Kier alpha value is -3.96. The fourth-order valence-electron chi connectivity index (χ4n) is 1.72. The van der Waals surface area contributed by atoms with Crippen LogP contribution >= 0.6 is 0 Å². The minimum Gasteiger partial charge on any atom is -0.478 e. The SMILES string of the molecule is CNC(=O)c1ccc(F)c([N+](=O)[O-])c1.O=C(O)c1ccc(F)c([N+](=O)[O-])c1. The van der Waals surface area contributed by atoms with E-state index in [1.165, 1.54) is 13.1 Å². The molecule has 2 aromatic carbocycles. The van der Waals surface area contributed by atoms with Crippen molar-refractivity contribution in [1.29, 1.82) is 0 Å². The molecule has 0 unspecified atom stereocenters. The van der Waals surface area contributed by atoms with E-state index in [1.54, 1.807) is 0 Å². The molecule has 2 rings (SSSR count). The Labute approximate surface area is 149 Å². The molecule has 0 heterocycles. The molecule has 0 saturated carbocycles. The van der Waals surface area contributed by atoms with E-state index in [2.05, 4.69) is 5.32 Å². The molecule has 0 spiro atoms. The van der Waals surface area contributed by atoms with Crippen LogP contribution in [0.5, 0.6) is 0 Å². The van der Waals surface area contributed by atoms with Crippen LogP contribution in [0, 0.1) is 31.9 Å². The largest absolute Gasteiger partial charge is 0.478 e. The van der Waals surface area contributed by atoms with Crippen LogP contribution in [0.25, 0.3) is 0 Å². The number of nitro groups is 2. The van der Waals surface area contributed by atoms with Crippen LogP contribution in [0.4, 0.5) is 20.2 Å². The molecule has 0 saturated heterocycles. The van der Waals surface area contributed by atoms with Crippen LogP contribution in [0.3, 0.4) is 0 Å². The quantitative estimate of drug-likeness (QED) is 0.607. The first-order valence-corrected chi connectivity index (χ1v) is 6.91. The van der Waals surface area contributed by atoms with Gasteiger partial charge in [0.2, 0.25) is 11.6 Å². The summed E-state index contributed by atoms with van der Waals surface area (Å²) in [5.74, 6) is -3.83. The monoisotopic (exact) mass is 383 g/mol. The normalized spacial score (nSPS) is 9.59. The van der Waals surface area contributed by atoms with Crippen molar-refractivity contribution < 1.29 is 33.3 Å². The number of nitrogens with one attached hydrogen (secondary N) is 1. The second-order valence-corrected chi connectivity index (χ2v) is 4.73. The third-order valence-electron chi connectivity index (χ3n) is 3.02. The van der Waals surface area contributed by atoms with E-state index in [0.717, 1.165) is 24.3 Å². The first-order valence-electron chi connectivity index (χ1n) is 6.91. The summed E-state index contributed by atoms with van der Waals surface area (Å²) in [6.45, 7) is 0. The summed E-state index contributed by atoms with van der Waals surface area (Å²) in [5, 5.41) is 31.2. The van der Waals surface area contributed by atoms with Gasteiger partial charge in [0.15, 0.2) is 0 Å². The van der Waals surface area contributed by atoms with Crippen LogP contribution in [0.1, 0.15) is 20.7 Å². The summed E-state index contributed by atoms with van der Waals surface area (Å²) >= 11 is 0. The highest BCUT2D eigenvalue weighted by Gasteiger charge is 2.17. The summed E-state index contributed by atoms with van der Waals surface area (Å²) in [7, 11) is 1.39. The van der Waals surface area contributed by atoms with Crippen LogP contribution in [-0.2, 0) is 0 Å². The van der Waals surface area contributed by atoms with Crippen molar-refractivity contribution >= 4 is 23.3 Å². The smallest absolute Gasteiger partial charge is 0.335 e. The molecular formula is C15H11F2N3O7. The number of nitro benzene ring substituents is 2. The average Bonchev–Trinajstić information content (AvgIpc) is 2.61. The summed E-state index contributed by atoms with van der Waals surface area (Å²) in [6.07, 6.45) is 0. The minimum atomic E-state index is -1.33. The predicted octanol–water partition coefficient (Wildman–Crippen LogP) is 2.53. The van der Waals surface area contributed by atoms with Crippen LogP contribution in [0.2, 0.25) is 0 Å². The highest BCUT2D eigenvalue weighted by molar-refractivity contribution is 5.94. The number of nitrogens with zero attached hydrogens (tertiary/aromatic N) is 2. The number of aromatic carboxylic acids is 1. The van der Waals surface area contributed by atoms with Crippen LogP contribution in [0.15, 0.2) is 36.4 Å². The number of carboxylic acid groups (broad SMARTS) is 1. The highest BCUT2D eigenvalue weighted by atomic mass is 19.1. The summed E-state index contributed by atoms with van der Waals surface area (Å²) in [4.78, 5) is 40.0. The van der Waals surface area contributed by atoms with Crippen molar-refractivity contribution in [3.63, 3.8) is 0 Å². The number of carbonyl (C=O) groups is 2. The molecule has 0 aliphatic rings. The van der Waals surface area contributed by atoms with E-state index < -0.39 is 44.7 Å². The van der Waals surface area contributed by atoms with Gasteiger partial charge in [-0.2, -0.15) is 8.78 Å². The van der Waals surface area contributed by atoms with Crippen molar-refractivity contribution in [3.05, 3.63) is 79.4 Å². The Bertz CT molecular complexity index is 918. The number of benzene rings is 2. The van der Waals surface area contributed by atoms with Gasteiger partial charge in [-0.3, -0.25) is 25.0 Å². The highest BCUT2D eigenvalue weighted by Crippen LogP contribution is 2.19. The number of carboxylic acids is 1. The van der Waals surface area contributed by atoms with E-state index >= 15 is 0 Å². The van der Waals surface area contributed by atoms with E-state index in [0.29, 0.717) is 6.07 Å². The lowest BCUT2D eigenvalue weighted by molar-refractivity contribution is -0.387. The van der Waals surface area contributed by atoms with Crippen molar-refractivity contribution in [2.75, 3.05) is 7.05 Å². The van der Waals surface area contributed by atoms with Gasteiger partial charge in [-0.05, 0) is 24.3 Å². The van der Waals surface area contributed by atoms with E-state index in [-0.39, 0.29) is 11.1 Å². The lowest BCUT2D eigenvalue weighted by atomic mass is 10.2. The fourth-order valence-corrected chi connectivity index (χ4v) is 1.72. The predicted molar refractivity (Wildman–Crippen MR) is 86.5 cm³/mol. The van der Waals surface area contributed by atoms with E-state index in [9.17, 15) is 38.6 Å². The second-order valence-electron chi connectivity index (χ2n) is 4.73. The van der Waals surface area contributed by atoms with Gasteiger partial charge < -0.3 is 10.4 Å². The molecule has 0 bridgehead atoms. The molecule has 142 valence electrons. The lowest BCUT2D eigenvalue weighted by Gasteiger charge is -1.99. The van der Waals surface area contributed by atoms with Gasteiger partial charge >= 0.3 is 17.3 Å². The van der Waals surface area contributed by atoms with Gasteiger partial charge in [-0.1, -0.05) is 0 Å². The van der Waals surface area contributed by atoms with Crippen LogP contribution < -0.4 is 5.32 Å². The standard InChI is InChI=1S/C8H7FN2O3.C7H4FNO4/c1-10-8(12)5-2-3-6(9)7(4-5)11(13)14;8-5-2-1-4(7(10)11)3-6(5)9(12)13/h2-4H,1H3,(H,10,12);1-3H,(H,10,11). The van der Waals surface area contributed by atoms with Crippen molar-refractivity contribution in [2.45, 2.75) is 0 Å². The third kappa shape index (κ3) is 5.52.